The van der Waals surface area contributed by atoms with Crippen LogP contribution in [0.4, 0.5) is 5.69 Å². The summed E-state index contributed by atoms with van der Waals surface area (Å²) < 4.78 is 0. The van der Waals surface area contributed by atoms with E-state index in [-0.39, 0.29) is 5.56 Å². The number of carboxylic acid groups (broad SMARTS) is 1. The molecule has 0 saturated heterocycles. The summed E-state index contributed by atoms with van der Waals surface area (Å²) in [4.78, 5) is 14.7. The highest BCUT2D eigenvalue weighted by atomic mass is 16.6. The Morgan fingerprint density at radius 1 is 1.46 bits per heavy atom. The van der Waals surface area contributed by atoms with Gasteiger partial charge in [0.15, 0.2) is 0 Å². The molecule has 0 bridgehead atoms. The Bertz CT molecular complexity index is 339. The fourth-order valence-corrected chi connectivity index (χ4v) is 0.763. The molecule has 1 aromatic rings. The first-order valence-corrected chi connectivity index (χ1v) is 3.38. The van der Waals surface area contributed by atoms with E-state index in [0.717, 1.165) is 0 Å². The molecule has 0 aliphatic carbocycles. The van der Waals surface area contributed by atoms with Crippen LogP contribution in [0.3, 0.4) is 0 Å². The van der Waals surface area contributed by atoms with E-state index < -0.39 is 5.97 Å². The standard InChI is InChI=1S/C8H6N2O3/c9-5-13-10-7-3-1-6(2-4-7)8(11)12/h1-4,10H,(H,11,12). The smallest absolute Gasteiger partial charge is 0.335 e. The molecule has 0 unspecified atom stereocenters. The van der Waals surface area contributed by atoms with Crippen LogP contribution in [0.25, 0.3) is 0 Å². The second-order valence-electron chi connectivity index (χ2n) is 2.18. The number of anilines is 1. The molecular formula is C8H6N2O3. The van der Waals surface area contributed by atoms with Crippen LogP contribution in [0.5, 0.6) is 0 Å². The molecule has 0 spiro atoms. The third-order valence-electron chi connectivity index (χ3n) is 1.35. The van der Waals surface area contributed by atoms with Gasteiger partial charge >= 0.3 is 12.2 Å². The van der Waals surface area contributed by atoms with Crippen LogP contribution in [0.15, 0.2) is 24.3 Å². The number of hydrogen-bond donors (Lipinski definition) is 2. The summed E-state index contributed by atoms with van der Waals surface area (Å²) >= 11 is 0. The van der Waals surface area contributed by atoms with Gasteiger partial charge in [0.1, 0.15) is 0 Å². The Morgan fingerprint density at radius 3 is 2.54 bits per heavy atom. The van der Waals surface area contributed by atoms with Gasteiger partial charge in [0.05, 0.1) is 11.3 Å². The SMILES string of the molecule is N#CONc1ccc(C(=O)O)cc1. The molecule has 5 heteroatoms. The first-order valence-electron chi connectivity index (χ1n) is 3.38. The Kier molecular flexibility index (Phi) is 2.71. The van der Waals surface area contributed by atoms with Gasteiger partial charge in [-0.3, -0.25) is 0 Å². The van der Waals surface area contributed by atoms with Crippen LogP contribution in [-0.2, 0) is 4.84 Å². The van der Waals surface area contributed by atoms with Crippen LogP contribution >= 0.6 is 0 Å². The molecule has 0 aliphatic rings. The van der Waals surface area contributed by atoms with E-state index in [4.69, 9.17) is 10.4 Å². The molecule has 1 rings (SSSR count). The summed E-state index contributed by atoms with van der Waals surface area (Å²) in [5, 5.41) is 16.6. The summed E-state index contributed by atoms with van der Waals surface area (Å²) in [6, 6.07) is 5.82. The van der Waals surface area contributed by atoms with Crippen molar-refractivity contribution in [1.82, 2.24) is 0 Å². The third kappa shape index (κ3) is 2.38. The summed E-state index contributed by atoms with van der Waals surface area (Å²) in [6.07, 6.45) is 1.43. The van der Waals surface area contributed by atoms with Crippen LogP contribution < -0.4 is 5.48 Å². The van der Waals surface area contributed by atoms with E-state index in [2.05, 4.69) is 10.3 Å². The number of hydrogen-bond acceptors (Lipinski definition) is 4. The monoisotopic (exact) mass is 178 g/mol. The van der Waals surface area contributed by atoms with Crippen molar-refractivity contribution in [2.75, 3.05) is 5.48 Å². The number of nitrogens with one attached hydrogen (secondary N) is 1. The zero-order valence-corrected chi connectivity index (χ0v) is 6.52. The van der Waals surface area contributed by atoms with E-state index >= 15 is 0 Å². The Hall–Kier alpha value is -2.22. The summed E-state index contributed by atoms with van der Waals surface area (Å²) in [5.41, 5.74) is 3.01. The molecule has 2 N–H and O–H groups in total. The molecule has 0 heterocycles. The van der Waals surface area contributed by atoms with Gasteiger partial charge in [0, 0.05) is 0 Å². The molecule has 0 radical (unpaired) electrons. The van der Waals surface area contributed by atoms with Crippen LogP contribution in [0, 0.1) is 11.5 Å². The van der Waals surface area contributed by atoms with Crippen LogP contribution in [0.1, 0.15) is 10.4 Å². The number of nitrogens with zero attached hydrogens (tertiary/aromatic N) is 1. The predicted molar refractivity (Wildman–Crippen MR) is 43.7 cm³/mol. The Morgan fingerprint density at radius 2 is 2.08 bits per heavy atom. The summed E-state index contributed by atoms with van der Waals surface area (Å²) in [7, 11) is 0. The second-order valence-corrected chi connectivity index (χ2v) is 2.18. The topological polar surface area (TPSA) is 82.3 Å². The van der Waals surface area contributed by atoms with Crippen molar-refractivity contribution in [3.05, 3.63) is 29.8 Å². The highest BCUT2D eigenvalue weighted by Crippen LogP contribution is 2.08. The molecule has 0 amide bonds. The van der Waals surface area contributed by atoms with Gasteiger partial charge in [-0.25, -0.2) is 10.3 Å². The van der Waals surface area contributed by atoms with Crippen LogP contribution in [-0.4, -0.2) is 11.1 Å². The molecule has 13 heavy (non-hydrogen) atoms. The van der Waals surface area contributed by atoms with E-state index in [1.54, 1.807) is 0 Å². The second kappa shape index (κ2) is 3.97. The minimum atomic E-state index is -0.993. The number of nitriles is 1. The number of carbonyl (C=O) groups is 1. The van der Waals surface area contributed by atoms with Crippen molar-refractivity contribution in [2.24, 2.45) is 0 Å². The fourth-order valence-electron chi connectivity index (χ4n) is 0.763. The van der Waals surface area contributed by atoms with Gasteiger partial charge in [-0.2, -0.15) is 0 Å². The van der Waals surface area contributed by atoms with Crippen molar-refractivity contribution >= 4 is 11.7 Å². The van der Waals surface area contributed by atoms with Crippen molar-refractivity contribution in [1.29, 1.82) is 5.26 Å². The van der Waals surface area contributed by atoms with E-state index in [1.165, 1.54) is 30.5 Å². The molecule has 1 aromatic carbocycles. The lowest BCUT2D eigenvalue weighted by molar-refractivity contribution is 0.0697. The van der Waals surface area contributed by atoms with E-state index in [1.807, 2.05) is 0 Å². The third-order valence-corrected chi connectivity index (χ3v) is 1.35. The highest BCUT2D eigenvalue weighted by molar-refractivity contribution is 5.87. The predicted octanol–water partition coefficient (Wildman–Crippen LogP) is 1.21. The highest BCUT2D eigenvalue weighted by Gasteiger charge is 2.00. The largest absolute Gasteiger partial charge is 0.478 e. The van der Waals surface area contributed by atoms with E-state index in [9.17, 15) is 4.79 Å². The minimum absolute atomic E-state index is 0.183. The van der Waals surface area contributed by atoms with Crippen molar-refractivity contribution in [3.63, 3.8) is 0 Å². The summed E-state index contributed by atoms with van der Waals surface area (Å²) in [5.74, 6) is -0.993. The molecule has 0 aromatic heterocycles. The quantitative estimate of drug-likeness (QED) is 0.537. The normalized spacial score (nSPS) is 8.54. The van der Waals surface area contributed by atoms with Gasteiger partial charge in [-0.15, -0.1) is 5.26 Å². The first kappa shape index (κ1) is 8.87. The zero-order valence-electron chi connectivity index (χ0n) is 6.52. The number of rotatable bonds is 3. The van der Waals surface area contributed by atoms with Crippen molar-refractivity contribution in [3.8, 4) is 6.26 Å². The first-order chi connectivity index (χ1) is 6.24. The maximum absolute atomic E-state index is 10.4. The van der Waals surface area contributed by atoms with Gasteiger partial charge in [-0.1, -0.05) is 0 Å². The fraction of sp³-hybridized carbons (Fsp3) is 0. The number of aromatic carboxylic acids is 1. The molecule has 0 saturated carbocycles. The molecule has 0 aliphatic heterocycles. The van der Waals surface area contributed by atoms with Crippen molar-refractivity contribution < 1.29 is 14.7 Å². The molecule has 0 atom stereocenters. The Labute approximate surface area is 74.1 Å². The van der Waals surface area contributed by atoms with Gasteiger partial charge in [0.25, 0.3) is 0 Å². The molecular weight excluding hydrogens is 172 g/mol. The number of benzene rings is 1. The van der Waals surface area contributed by atoms with Gasteiger partial charge < -0.3 is 9.94 Å². The Balaban J connectivity index is 2.71. The lowest BCUT2D eigenvalue weighted by Gasteiger charge is -2.00. The van der Waals surface area contributed by atoms with E-state index in [0.29, 0.717) is 5.69 Å². The maximum atomic E-state index is 10.4. The number of carboxylic acids is 1. The summed E-state index contributed by atoms with van der Waals surface area (Å²) in [6.45, 7) is 0. The van der Waals surface area contributed by atoms with Gasteiger partial charge in [0.2, 0.25) is 0 Å². The van der Waals surface area contributed by atoms with Gasteiger partial charge in [-0.05, 0) is 24.3 Å². The average Bonchev–Trinajstić information content (AvgIpc) is 2.15. The molecule has 5 nitrogen and oxygen atoms in total. The lowest BCUT2D eigenvalue weighted by Crippen LogP contribution is -1.98. The molecule has 66 valence electrons. The maximum Gasteiger partial charge on any atom is 0.335 e. The minimum Gasteiger partial charge on any atom is -0.478 e. The lowest BCUT2D eigenvalue weighted by atomic mass is 10.2. The zero-order chi connectivity index (χ0) is 9.68. The molecule has 0 fully saturated rings. The average molecular weight is 178 g/mol. The van der Waals surface area contributed by atoms with Crippen LogP contribution in [0.2, 0.25) is 0 Å². The van der Waals surface area contributed by atoms with Crippen molar-refractivity contribution in [2.45, 2.75) is 0 Å².